The van der Waals surface area contributed by atoms with Gasteiger partial charge in [0.2, 0.25) is 0 Å². The Labute approximate surface area is 116 Å². The Bertz CT molecular complexity index is 399. The Morgan fingerprint density at radius 2 is 1.94 bits per heavy atom. The van der Waals surface area contributed by atoms with E-state index in [1.807, 2.05) is 12.1 Å². The largest absolute Gasteiger partial charge is 0.391 e. The zero-order chi connectivity index (χ0) is 13.0. The molecule has 1 aliphatic rings. The van der Waals surface area contributed by atoms with Crippen LogP contribution in [0, 0.1) is 5.92 Å². The second-order valence-corrected chi connectivity index (χ2v) is 5.74. The van der Waals surface area contributed by atoms with Gasteiger partial charge in [-0.3, -0.25) is 4.79 Å². The smallest absolute Gasteiger partial charge is 0.251 e. The van der Waals surface area contributed by atoms with E-state index in [1.165, 1.54) is 12.8 Å². The molecule has 1 saturated carbocycles. The van der Waals surface area contributed by atoms with Crippen LogP contribution in [0.15, 0.2) is 28.7 Å². The molecule has 0 aliphatic heterocycles. The van der Waals surface area contributed by atoms with Crippen molar-refractivity contribution in [3.8, 4) is 0 Å². The number of carbonyl (C=O) groups excluding carboxylic acids is 1. The van der Waals surface area contributed by atoms with E-state index in [0.29, 0.717) is 18.0 Å². The van der Waals surface area contributed by atoms with Crippen LogP contribution in [0.4, 0.5) is 0 Å². The van der Waals surface area contributed by atoms with Crippen molar-refractivity contribution in [2.45, 2.75) is 31.8 Å². The highest BCUT2D eigenvalue weighted by Gasteiger charge is 2.23. The summed E-state index contributed by atoms with van der Waals surface area (Å²) in [6.07, 6.45) is 4.14. The Morgan fingerprint density at radius 3 is 2.56 bits per heavy atom. The van der Waals surface area contributed by atoms with Gasteiger partial charge >= 0.3 is 0 Å². The summed E-state index contributed by atoms with van der Waals surface area (Å²) in [7, 11) is 0. The predicted molar refractivity (Wildman–Crippen MR) is 74.4 cm³/mol. The zero-order valence-electron chi connectivity index (χ0n) is 10.2. The van der Waals surface area contributed by atoms with Crippen molar-refractivity contribution in [1.29, 1.82) is 0 Å². The van der Waals surface area contributed by atoms with Gasteiger partial charge in [0, 0.05) is 16.6 Å². The number of rotatable bonds is 4. The second kappa shape index (κ2) is 6.34. The maximum atomic E-state index is 11.8. The first-order valence-corrected chi connectivity index (χ1v) is 7.18. The maximum absolute atomic E-state index is 11.8. The van der Waals surface area contributed by atoms with Crippen molar-refractivity contribution in [2.75, 3.05) is 6.54 Å². The van der Waals surface area contributed by atoms with Gasteiger partial charge in [-0.2, -0.15) is 0 Å². The zero-order valence-corrected chi connectivity index (χ0v) is 11.8. The SMILES string of the molecule is O=C(NCC(O)C1CCCC1)c1ccc(Br)cc1. The van der Waals surface area contributed by atoms with Gasteiger partial charge in [-0.1, -0.05) is 28.8 Å². The Kier molecular flexibility index (Phi) is 4.78. The van der Waals surface area contributed by atoms with Crippen LogP contribution in [0.2, 0.25) is 0 Å². The maximum Gasteiger partial charge on any atom is 0.251 e. The fourth-order valence-corrected chi connectivity index (χ4v) is 2.67. The highest BCUT2D eigenvalue weighted by molar-refractivity contribution is 9.10. The molecule has 1 aromatic carbocycles. The lowest BCUT2D eigenvalue weighted by molar-refractivity contribution is 0.0840. The van der Waals surface area contributed by atoms with Gasteiger partial charge in [0.15, 0.2) is 0 Å². The van der Waals surface area contributed by atoms with Gasteiger partial charge in [-0.15, -0.1) is 0 Å². The standard InChI is InChI=1S/C14H18BrNO2/c15-12-7-5-11(6-8-12)14(18)16-9-13(17)10-3-1-2-4-10/h5-8,10,13,17H,1-4,9H2,(H,16,18). The number of halogens is 1. The van der Waals surface area contributed by atoms with Gasteiger partial charge in [-0.25, -0.2) is 0 Å². The molecule has 1 unspecified atom stereocenters. The molecule has 2 N–H and O–H groups in total. The first kappa shape index (κ1) is 13.6. The molecule has 18 heavy (non-hydrogen) atoms. The number of hydrogen-bond donors (Lipinski definition) is 2. The third-order valence-corrected chi connectivity index (χ3v) is 4.05. The van der Waals surface area contributed by atoms with Gasteiger partial charge in [0.05, 0.1) is 6.10 Å². The van der Waals surface area contributed by atoms with Crippen LogP contribution in [0.1, 0.15) is 36.0 Å². The van der Waals surface area contributed by atoms with Crippen LogP contribution < -0.4 is 5.32 Å². The molecule has 1 aromatic rings. The van der Waals surface area contributed by atoms with E-state index in [-0.39, 0.29) is 5.91 Å². The molecule has 2 rings (SSSR count). The van der Waals surface area contributed by atoms with Gasteiger partial charge in [0.1, 0.15) is 0 Å². The van der Waals surface area contributed by atoms with Crippen LogP contribution in [0.3, 0.4) is 0 Å². The van der Waals surface area contributed by atoms with Crippen LogP contribution >= 0.6 is 15.9 Å². The summed E-state index contributed by atoms with van der Waals surface area (Å²) in [6.45, 7) is 0.347. The normalized spacial score (nSPS) is 17.7. The van der Waals surface area contributed by atoms with Crippen LogP contribution in [-0.4, -0.2) is 23.7 Å². The molecule has 3 nitrogen and oxygen atoms in total. The molecule has 1 aliphatic carbocycles. The molecular formula is C14H18BrNO2. The first-order valence-electron chi connectivity index (χ1n) is 6.38. The summed E-state index contributed by atoms with van der Waals surface area (Å²) in [5, 5.41) is 12.8. The monoisotopic (exact) mass is 311 g/mol. The lowest BCUT2D eigenvalue weighted by atomic mass is 10.0. The summed E-state index contributed by atoms with van der Waals surface area (Å²) >= 11 is 3.33. The van der Waals surface area contributed by atoms with Crippen molar-refractivity contribution in [3.63, 3.8) is 0 Å². The Balaban J connectivity index is 1.82. The number of amides is 1. The average Bonchev–Trinajstić information content (AvgIpc) is 2.90. The van der Waals surface area contributed by atoms with E-state index < -0.39 is 6.10 Å². The molecule has 0 bridgehead atoms. The molecule has 1 amide bonds. The molecule has 0 saturated heterocycles. The van der Waals surface area contributed by atoms with Gasteiger partial charge in [-0.05, 0) is 43.0 Å². The molecule has 0 spiro atoms. The summed E-state index contributed by atoms with van der Waals surface area (Å²) in [5.41, 5.74) is 0.622. The number of hydrogen-bond acceptors (Lipinski definition) is 2. The van der Waals surface area contributed by atoms with E-state index >= 15 is 0 Å². The highest BCUT2D eigenvalue weighted by atomic mass is 79.9. The van der Waals surface area contributed by atoms with Crippen molar-refractivity contribution >= 4 is 21.8 Å². The van der Waals surface area contributed by atoms with Crippen molar-refractivity contribution < 1.29 is 9.90 Å². The minimum Gasteiger partial charge on any atom is -0.391 e. The second-order valence-electron chi connectivity index (χ2n) is 4.83. The molecule has 1 atom stereocenters. The molecule has 4 heteroatoms. The quantitative estimate of drug-likeness (QED) is 0.898. The number of carbonyl (C=O) groups is 1. The minimum atomic E-state index is -0.410. The van der Waals surface area contributed by atoms with E-state index in [1.54, 1.807) is 12.1 Å². The third-order valence-electron chi connectivity index (χ3n) is 3.52. The summed E-state index contributed by atoms with van der Waals surface area (Å²) in [6, 6.07) is 7.20. The Hall–Kier alpha value is -0.870. The van der Waals surface area contributed by atoms with Gasteiger partial charge < -0.3 is 10.4 Å². The van der Waals surface area contributed by atoms with Gasteiger partial charge in [0.25, 0.3) is 5.91 Å². The highest BCUT2D eigenvalue weighted by Crippen LogP contribution is 2.27. The lowest BCUT2D eigenvalue weighted by Gasteiger charge is -2.18. The molecule has 0 heterocycles. The van der Waals surface area contributed by atoms with Crippen LogP contribution in [-0.2, 0) is 0 Å². The molecule has 0 aromatic heterocycles. The van der Waals surface area contributed by atoms with Crippen LogP contribution in [0.5, 0.6) is 0 Å². The van der Waals surface area contributed by atoms with Crippen molar-refractivity contribution in [3.05, 3.63) is 34.3 Å². The van der Waals surface area contributed by atoms with E-state index in [4.69, 9.17) is 0 Å². The lowest BCUT2D eigenvalue weighted by Crippen LogP contribution is -2.35. The molecule has 98 valence electrons. The summed E-state index contributed by atoms with van der Waals surface area (Å²) in [5.74, 6) is 0.231. The van der Waals surface area contributed by atoms with Crippen LogP contribution in [0.25, 0.3) is 0 Å². The summed E-state index contributed by atoms with van der Waals surface area (Å²) < 4.78 is 0.949. The van der Waals surface area contributed by atoms with E-state index in [2.05, 4.69) is 21.2 Å². The molecule has 0 radical (unpaired) electrons. The molecular weight excluding hydrogens is 294 g/mol. The van der Waals surface area contributed by atoms with Crippen molar-refractivity contribution in [1.82, 2.24) is 5.32 Å². The number of nitrogens with one attached hydrogen (secondary N) is 1. The number of aliphatic hydroxyl groups excluding tert-OH is 1. The fraction of sp³-hybridized carbons (Fsp3) is 0.500. The topological polar surface area (TPSA) is 49.3 Å². The third kappa shape index (κ3) is 3.56. The first-order chi connectivity index (χ1) is 8.66. The number of benzene rings is 1. The van der Waals surface area contributed by atoms with Crippen molar-refractivity contribution in [2.24, 2.45) is 5.92 Å². The van der Waals surface area contributed by atoms with E-state index in [0.717, 1.165) is 17.3 Å². The number of aliphatic hydroxyl groups is 1. The average molecular weight is 312 g/mol. The summed E-state index contributed by atoms with van der Waals surface area (Å²) in [4.78, 5) is 11.8. The van der Waals surface area contributed by atoms with E-state index in [9.17, 15) is 9.90 Å². The Morgan fingerprint density at radius 1 is 1.33 bits per heavy atom. The predicted octanol–water partition coefficient (Wildman–Crippen LogP) is 2.73. The molecule has 1 fully saturated rings. The minimum absolute atomic E-state index is 0.125. The fourth-order valence-electron chi connectivity index (χ4n) is 2.41.